The Morgan fingerprint density at radius 2 is 1.83 bits per heavy atom. The summed E-state index contributed by atoms with van der Waals surface area (Å²) in [5.74, 6) is -0.408. The predicted molar refractivity (Wildman–Crippen MR) is 116 cm³/mol. The van der Waals surface area contributed by atoms with Crippen molar-refractivity contribution in [2.75, 3.05) is 16.2 Å². The Hall–Kier alpha value is -2.75. The van der Waals surface area contributed by atoms with Crippen molar-refractivity contribution >= 4 is 50.8 Å². The summed E-state index contributed by atoms with van der Waals surface area (Å²) in [5, 5.41) is 0.603. The molecule has 2 aromatic heterocycles. The second kappa shape index (κ2) is 8.95. The number of pyridine rings is 1. The molecule has 3 aromatic rings. The number of hydrogen-bond acceptors (Lipinski definition) is 6. The van der Waals surface area contributed by atoms with Crippen LogP contribution in [0.25, 0.3) is 0 Å². The molecular formula is C19H17Cl2N5O3S. The topological polar surface area (TPSA) is 105 Å². The Morgan fingerprint density at radius 1 is 1.13 bits per heavy atom. The Morgan fingerprint density at radius 3 is 2.47 bits per heavy atom. The number of carbonyl (C=O) groups excluding carboxylic acids is 1. The fourth-order valence-corrected chi connectivity index (χ4v) is 4.03. The zero-order chi connectivity index (χ0) is 21.9. The molecule has 0 aliphatic rings. The van der Waals surface area contributed by atoms with Crippen LogP contribution in [-0.2, 0) is 10.0 Å². The number of sulfonamides is 1. The van der Waals surface area contributed by atoms with E-state index < -0.39 is 15.9 Å². The van der Waals surface area contributed by atoms with Gasteiger partial charge in [0, 0.05) is 30.2 Å². The first kappa shape index (κ1) is 21.9. The first-order valence-electron chi connectivity index (χ1n) is 8.76. The number of rotatable bonds is 6. The first-order valence-corrected chi connectivity index (χ1v) is 11.0. The average molecular weight is 466 g/mol. The predicted octanol–water partition coefficient (Wildman–Crippen LogP) is 3.95. The van der Waals surface area contributed by atoms with Crippen LogP contribution in [-0.4, -0.2) is 35.8 Å². The van der Waals surface area contributed by atoms with E-state index in [4.69, 9.17) is 23.2 Å². The van der Waals surface area contributed by atoms with Crippen LogP contribution in [0.2, 0.25) is 10.0 Å². The molecule has 8 nitrogen and oxygen atoms in total. The molecule has 0 saturated carbocycles. The van der Waals surface area contributed by atoms with Crippen molar-refractivity contribution in [3.63, 3.8) is 0 Å². The number of carbonyl (C=O) groups is 1. The number of benzene rings is 1. The SMILES string of the molecule is CCN(C(=O)c1ncc(Cl)cc1NS(=O)(=O)c1ccc(Cl)c(C)c1)c1ncccn1. The standard InChI is InChI=1S/C19H17Cl2N5O3S/c1-3-26(19-22-7-4-8-23-19)18(27)17-16(10-13(20)11-24-17)25-30(28,29)14-5-6-15(21)12(2)9-14/h4-11,25H,3H2,1-2H3. The molecule has 0 fully saturated rings. The molecule has 0 aliphatic carbocycles. The minimum absolute atomic E-state index is 0.0125. The smallest absolute Gasteiger partial charge is 0.277 e. The minimum atomic E-state index is -4.03. The molecule has 0 aliphatic heterocycles. The van der Waals surface area contributed by atoms with Crippen molar-refractivity contribution in [3.8, 4) is 0 Å². The fourth-order valence-electron chi connectivity index (χ4n) is 2.61. The van der Waals surface area contributed by atoms with Crippen LogP contribution >= 0.6 is 23.2 Å². The average Bonchev–Trinajstić information content (AvgIpc) is 2.71. The third-order valence-electron chi connectivity index (χ3n) is 4.10. The van der Waals surface area contributed by atoms with Gasteiger partial charge in [0.25, 0.3) is 15.9 Å². The lowest BCUT2D eigenvalue weighted by Gasteiger charge is -2.20. The van der Waals surface area contributed by atoms with Crippen LogP contribution in [0, 0.1) is 6.92 Å². The molecular weight excluding hydrogens is 449 g/mol. The van der Waals surface area contributed by atoms with Crippen LogP contribution in [0.15, 0.2) is 53.8 Å². The highest BCUT2D eigenvalue weighted by Gasteiger charge is 2.25. The molecule has 3 rings (SSSR count). The number of nitrogens with zero attached hydrogens (tertiary/aromatic N) is 4. The monoisotopic (exact) mass is 465 g/mol. The lowest BCUT2D eigenvalue weighted by atomic mass is 10.2. The van der Waals surface area contributed by atoms with E-state index in [0.717, 1.165) is 0 Å². The highest BCUT2D eigenvalue weighted by Crippen LogP contribution is 2.26. The van der Waals surface area contributed by atoms with Gasteiger partial charge in [-0.3, -0.25) is 14.4 Å². The van der Waals surface area contributed by atoms with Crippen LogP contribution in [0.3, 0.4) is 0 Å². The summed E-state index contributed by atoms with van der Waals surface area (Å²) in [7, 11) is -4.03. The van der Waals surface area contributed by atoms with Crippen LogP contribution < -0.4 is 9.62 Å². The molecule has 30 heavy (non-hydrogen) atoms. The maximum atomic E-state index is 13.1. The van der Waals surface area contributed by atoms with E-state index in [1.807, 2.05) is 0 Å². The number of anilines is 2. The molecule has 1 amide bonds. The number of hydrogen-bond donors (Lipinski definition) is 1. The number of aromatic nitrogens is 3. The maximum absolute atomic E-state index is 13.1. The first-order chi connectivity index (χ1) is 14.2. The van der Waals surface area contributed by atoms with Crippen molar-refractivity contribution in [1.29, 1.82) is 0 Å². The molecule has 156 valence electrons. The molecule has 0 atom stereocenters. The number of aryl methyl sites for hydroxylation is 1. The highest BCUT2D eigenvalue weighted by atomic mass is 35.5. The zero-order valence-electron chi connectivity index (χ0n) is 16.0. The molecule has 1 N–H and O–H groups in total. The molecule has 0 bridgehead atoms. The number of amides is 1. The Labute approximate surface area is 184 Å². The lowest BCUT2D eigenvalue weighted by molar-refractivity contribution is 0.0983. The third-order valence-corrected chi connectivity index (χ3v) is 6.09. The van der Waals surface area contributed by atoms with Gasteiger partial charge in [0.05, 0.1) is 15.6 Å². The van der Waals surface area contributed by atoms with E-state index in [-0.39, 0.29) is 33.8 Å². The van der Waals surface area contributed by atoms with Crippen LogP contribution in [0.5, 0.6) is 0 Å². The molecule has 11 heteroatoms. The summed E-state index contributed by atoms with van der Waals surface area (Å²) in [6.07, 6.45) is 4.26. The quantitative estimate of drug-likeness (QED) is 0.590. The van der Waals surface area contributed by atoms with Gasteiger partial charge in [-0.2, -0.15) is 0 Å². The van der Waals surface area contributed by atoms with Crippen LogP contribution in [0.1, 0.15) is 23.0 Å². The molecule has 0 unspecified atom stereocenters. The molecule has 1 aromatic carbocycles. The van der Waals surface area contributed by atoms with Gasteiger partial charge in [-0.15, -0.1) is 0 Å². The van der Waals surface area contributed by atoms with Gasteiger partial charge in [0.2, 0.25) is 5.95 Å². The highest BCUT2D eigenvalue weighted by molar-refractivity contribution is 7.92. The summed E-state index contributed by atoms with van der Waals surface area (Å²) in [4.78, 5) is 26.6. The number of halogens is 2. The van der Waals surface area contributed by atoms with Crippen molar-refractivity contribution in [2.45, 2.75) is 18.7 Å². The van der Waals surface area contributed by atoms with E-state index in [2.05, 4.69) is 19.7 Å². The zero-order valence-corrected chi connectivity index (χ0v) is 18.3. The summed E-state index contributed by atoms with van der Waals surface area (Å²) < 4.78 is 28.2. The Bertz CT molecular complexity index is 1190. The van der Waals surface area contributed by atoms with Gasteiger partial charge in [0.1, 0.15) is 0 Å². The van der Waals surface area contributed by atoms with Gasteiger partial charge >= 0.3 is 0 Å². The fraction of sp³-hybridized carbons (Fsp3) is 0.158. The van der Waals surface area contributed by atoms with E-state index in [1.54, 1.807) is 19.9 Å². The van der Waals surface area contributed by atoms with Crippen molar-refractivity contribution < 1.29 is 13.2 Å². The van der Waals surface area contributed by atoms with Crippen molar-refractivity contribution in [1.82, 2.24) is 15.0 Å². The van der Waals surface area contributed by atoms with Crippen molar-refractivity contribution in [3.05, 3.63) is 70.2 Å². The van der Waals surface area contributed by atoms with Gasteiger partial charge < -0.3 is 0 Å². The van der Waals surface area contributed by atoms with E-state index in [9.17, 15) is 13.2 Å². The molecule has 2 heterocycles. The summed E-state index contributed by atoms with van der Waals surface area (Å²) >= 11 is 12.0. The van der Waals surface area contributed by atoms with E-state index in [0.29, 0.717) is 10.6 Å². The van der Waals surface area contributed by atoms with Gasteiger partial charge in [-0.1, -0.05) is 23.2 Å². The normalized spacial score (nSPS) is 11.2. The lowest BCUT2D eigenvalue weighted by Crippen LogP contribution is -2.33. The van der Waals surface area contributed by atoms with Gasteiger partial charge in [0.15, 0.2) is 5.69 Å². The summed E-state index contributed by atoms with van der Waals surface area (Å²) in [5.41, 5.74) is 0.399. The molecule has 0 radical (unpaired) electrons. The largest absolute Gasteiger partial charge is 0.281 e. The summed E-state index contributed by atoms with van der Waals surface area (Å²) in [6, 6.07) is 7.23. The Kier molecular flexibility index (Phi) is 6.55. The van der Waals surface area contributed by atoms with Gasteiger partial charge in [-0.05, 0) is 49.7 Å². The summed E-state index contributed by atoms with van der Waals surface area (Å²) in [6.45, 7) is 3.68. The number of nitrogens with one attached hydrogen (secondary N) is 1. The van der Waals surface area contributed by atoms with Gasteiger partial charge in [-0.25, -0.2) is 23.4 Å². The third kappa shape index (κ3) is 4.69. The van der Waals surface area contributed by atoms with E-state index >= 15 is 0 Å². The minimum Gasteiger partial charge on any atom is -0.277 e. The maximum Gasteiger partial charge on any atom is 0.281 e. The van der Waals surface area contributed by atoms with Crippen LogP contribution in [0.4, 0.5) is 11.6 Å². The molecule has 0 saturated heterocycles. The van der Waals surface area contributed by atoms with E-state index in [1.165, 1.54) is 47.8 Å². The second-order valence-corrected chi connectivity index (χ2v) is 8.69. The second-order valence-electron chi connectivity index (χ2n) is 6.16. The Balaban J connectivity index is 2.01. The molecule has 0 spiro atoms. The van der Waals surface area contributed by atoms with Crippen molar-refractivity contribution in [2.24, 2.45) is 0 Å².